The molecular formula is C19H22BrF2N3OS. The summed E-state index contributed by atoms with van der Waals surface area (Å²) < 4.78 is 39.4. The van der Waals surface area contributed by atoms with Gasteiger partial charge < -0.3 is 19.2 Å². The van der Waals surface area contributed by atoms with Crippen molar-refractivity contribution < 1.29 is 13.5 Å². The van der Waals surface area contributed by atoms with Crippen molar-refractivity contribution in [2.75, 3.05) is 19.8 Å². The van der Waals surface area contributed by atoms with E-state index in [2.05, 4.69) is 21.2 Å². The average molecular weight is 458 g/mol. The summed E-state index contributed by atoms with van der Waals surface area (Å²) >= 11 is 8.75. The van der Waals surface area contributed by atoms with Gasteiger partial charge in [-0.3, -0.25) is 0 Å². The number of hydrogen-bond donors (Lipinski definition) is 1. The molecule has 2 aliphatic heterocycles. The molecule has 2 atom stereocenters. The number of aromatic nitrogens is 2. The Hall–Kier alpha value is -1.09. The van der Waals surface area contributed by atoms with Crippen LogP contribution < -0.4 is 5.32 Å². The lowest BCUT2D eigenvalue weighted by atomic mass is 9.95. The van der Waals surface area contributed by atoms with Gasteiger partial charge in [-0.15, -0.1) is 0 Å². The van der Waals surface area contributed by atoms with Crippen molar-refractivity contribution >= 4 is 28.1 Å². The van der Waals surface area contributed by atoms with Crippen molar-refractivity contribution in [1.82, 2.24) is 14.5 Å². The van der Waals surface area contributed by atoms with Crippen LogP contribution >= 0.6 is 28.1 Å². The highest BCUT2D eigenvalue weighted by atomic mass is 79.9. The normalized spacial score (nSPS) is 21.8. The fraction of sp³-hybridized carbons (Fsp3) is 0.526. The summed E-state index contributed by atoms with van der Waals surface area (Å²) in [4.78, 5) is 0. The van der Waals surface area contributed by atoms with Gasteiger partial charge in [0.05, 0.1) is 11.1 Å². The lowest BCUT2D eigenvalue weighted by Gasteiger charge is -2.14. The Morgan fingerprint density at radius 3 is 2.93 bits per heavy atom. The van der Waals surface area contributed by atoms with Crippen molar-refractivity contribution in [2.45, 2.75) is 37.8 Å². The molecule has 2 aliphatic rings. The molecule has 0 saturated carbocycles. The van der Waals surface area contributed by atoms with E-state index < -0.39 is 11.6 Å². The highest BCUT2D eigenvalue weighted by Crippen LogP contribution is 2.37. The highest BCUT2D eigenvalue weighted by molar-refractivity contribution is 9.10. The third kappa shape index (κ3) is 3.52. The second-order valence-corrected chi connectivity index (χ2v) is 8.49. The van der Waals surface area contributed by atoms with Crippen molar-refractivity contribution in [2.24, 2.45) is 7.05 Å². The van der Waals surface area contributed by atoms with Crippen LogP contribution in [0.2, 0.25) is 0 Å². The quantitative estimate of drug-likeness (QED) is 0.546. The van der Waals surface area contributed by atoms with Gasteiger partial charge in [0.1, 0.15) is 11.6 Å². The van der Waals surface area contributed by atoms with Gasteiger partial charge in [0.2, 0.25) is 0 Å². The monoisotopic (exact) mass is 457 g/mol. The molecule has 2 aromatic rings. The predicted octanol–water partition coefficient (Wildman–Crippen LogP) is 3.86. The van der Waals surface area contributed by atoms with Gasteiger partial charge in [0, 0.05) is 62.1 Å². The summed E-state index contributed by atoms with van der Waals surface area (Å²) in [5.41, 5.74) is 2.39. The van der Waals surface area contributed by atoms with Crippen LogP contribution in [0.5, 0.6) is 0 Å². The maximum atomic E-state index is 14.6. The first-order valence-electron chi connectivity index (χ1n) is 9.19. The number of nitrogens with zero attached hydrogens (tertiary/aromatic N) is 2. The van der Waals surface area contributed by atoms with E-state index in [1.54, 1.807) is 0 Å². The first-order valence-corrected chi connectivity index (χ1v) is 10.4. The second kappa shape index (κ2) is 7.73. The third-order valence-corrected chi connectivity index (χ3v) is 6.74. The molecule has 0 aliphatic carbocycles. The molecule has 4 rings (SSSR count). The van der Waals surface area contributed by atoms with Crippen molar-refractivity contribution in [1.29, 1.82) is 0 Å². The molecule has 3 heterocycles. The SMILES string of the molecule is Cn1c(CCNC2CCOC2)c2n(c1=S)CC(c1c(F)ccc(Br)c1F)C2. The minimum atomic E-state index is -0.509. The maximum Gasteiger partial charge on any atom is 0.179 e. The molecular weight excluding hydrogens is 436 g/mol. The van der Waals surface area contributed by atoms with E-state index in [4.69, 9.17) is 17.0 Å². The van der Waals surface area contributed by atoms with Crippen LogP contribution in [0.1, 0.15) is 29.3 Å². The molecule has 0 bridgehead atoms. The second-order valence-electron chi connectivity index (χ2n) is 7.27. The van der Waals surface area contributed by atoms with E-state index in [1.165, 1.54) is 12.1 Å². The van der Waals surface area contributed by atoms with Crippen LogP contribution in [0.15, 0.2) is 16.6 Å². The Labute approximate surface area is 170 Å². The number of ether oxygens (including phenoxy) is 1. The molecule has 1 aromatic carbocycles. The average Bonchev–Trinajstić information content (AvgIpc) is 3.35. The molecule has 4 nitrogen and oxygen atoms in total. The van der Waals surface area contributed by atoms with Crippen LogP contribution in [0.3, 0.4) is 0 Å². The Kier molecular flexibility index (Phi) is 5.51. The molecule has 1 saturated heterocycles. The zero-order valence-electron chi connectivity index (χ0n) is 15.1. The number of imidazole rings is 1. The van der Waals surface area contributed by atoms with E-state index in [-0.39, 0.29) is 11.5 Å². The summed E-state index contributed by atoms with van der Waals surface area (Å²) in [6.45, 7) is 2.92. The molecule has 1 fully saturated rings. The van der Waals surface area contributed by atoms with Crippen molar-refractivity contribution in [3.63, 3.8) is 0 Å². The number of hydrogen-bond acceptors (Lipinski definition) is 3. The largest absolute Gasteiger partial charge is 0.380 e. The fourth-order valence-corrected chi connectivity index (χ4v) is 4.85. The first kappa shape index (κ1) is 19.2. The molecule has 8 heteroatoms. The van der Waals surface area contributed by atoms with Gasteiger partial charge in [0.25, 0.3) is 0 Å². The number of halogens is 3. The minimum absolute atomic E-state index is 0.150. The summed E-state index contributed by atoms with van der Waals surface area (Å²) in [5, 5.41) is 3.52. The summed E-state index contributed by atoms with van der Waals surface area (Å²) in [6.07, 6.45) is 2.46. The van der Waals surface area contributed by atoms with E-state index in [0.29, 0.717) is 28.3 Å². The lowest BCUT2D eigenvalue weighted by molar-refractivity contribution is 0.190. The number of fused-ring (bicyclic) bond motifs is 1. The van der Waals surface area contributed by atoms with Crippen LogP contribution in [-0.4, -0.2) is 34.9 Å². The molecule has 1 N–H and O–H groups in total. The van der Waals surface area contributed by atoms with Crippen molar-refractivity contribution in [3.8, 4) is 0 Å². The Morgan fingerprint density at radius 1 is 1.37 bits per heavy atom. The van der Waals surface area contributed by atoms with E-state index in [0.717, 1.165) is 44.0 Å². The summed E-state index contributed by atoms with van der Waals surface area (Å²) in [7, 11) is 1.97. The van der Waals surface area contributed by atoms with Crippen LogP contribution in [0.25, 0.3) is 0 Å². The van der Waals surface area contributed by atoms with Crippen LogP contribution in [0.4, 0.5) is 8.78 Å². The van der Waals surface area contributed by atoms with E-state index >= 15 is 0 Å². The zero-order chi connectivity index (χ0) is 19.1. The molecule has 0 amide bonds. The Balaban J connectivity index is 1.55. The molecule has 0 spiro atoms. The molecule has 1 aromatic heterocycles. The zero-order valence-corrected chi connectivity index (χ0v) is 17.5. The Morgan fingerprint density at radius 2 is 2.19 bits per heavy atom. The van der Waals surface area contributed by atoms with Gasteiger partial charge in [-0.1, -0.05) is 0 Å². The predicted molar refractivity (Wildman–Crippen MR) is 106 cm³/mol. The first-order chi connectivity index (χ1) is 13.0. The maximum absolute atomic E-state index is 14.6. The van der Waals surface area contributed by atoms with Crippen LogP contribution in [-0.2, 0) is 31.2 Å². The van der Waals surface area contributed by atoms with E-state index in [9.17, 15) is 8.78 Å². The lowest BCUT2D eigenvalue weighted by Crippen LogP contribution is -2.31. The van der Waals surface area contributed by atoms with Gasteiger partial charge >= 0.3 is 0 Å². The highest BCUT2D eigenvalue weighted by Gasteiger charge is 2.32. The fourth-order valence-electron chi connectivity index (χ4n) is 4.21. The molecule has 2 unspecified atom stereocenters. The number of rotatable bonds is 5. The topological polar surface area (TPSA) is 31.1 Å². The van der Waals surface area contributed by atoms with Gasteiger partial charge in [0.15, 0.2) is 4.77 Å². The molecule has 0 radical (unpaired) electrons. The molecule has 146 valence electrons. The van der Waals surface area contributed by atoms with Crippen molar-refractivity contribution in [3.05, 3.63) is 50.0 Å². The smallest absolute Gasteiger partial charge is 0.179 e. The third-order valence-electron chi connectivity index (χ3n) is 5.64. The standard InChI is InChI=1S/C19H22BrF2N3OS/c1-24-15(4-6-23-12-5-7-26-10-12)16-8-11(9-25(16)19(24)27)17-14(21)3-2-13(20)18(17)22/h2-3,11-12,23H,4-10H2,1H3. The molecule has 27 heavy (non-hydrogen) atoms. The van der Waals surface area contributed by atoms with E-state index in [1.807, 2.05) is 16.2 Å². The minimum Gasteiger partial charge on any atom is -0.380 e. The van der Waals surface area contributed by atoms with Gasteiger partial charge in [-0.2, -0.15) is 0 Å². The van der Waals surface area contributed by atoms with Gasteiger partial charge in [-0.05, 0) is 53.1 Å². The number of benzene rings is 1. The summed E-state index contributed by atoms with van der Waals surface area (Å²) in [6, 6.07) is 3.14. The number of nitrogens with one attached hydrogen (secondary N) is 1. The van der Waals surface area contributed by atoms with Crippen LogP contribution in [0, 0.1) is 16.4 Å². The Bertz CT molecular complexity index is 921. The van der Waals surface area contributed by atoms with Gasteiger partial charge in [-0.25, -0.2) is 8.78 Å². The summed E-state index contributed by atoms with van der Waals surface area (Å²) in [5.74, 6) is -1.24.